The summed E-state index contributed by atoms with van der Waals surface area (Å²) in [4.78, 5) is 0. The van der Waals surface area contributed by atoms with Gasteiger partial charge < -0.3 is 24.3 Å². The summed E-state index contributed by atoms with van der Waals surface area (Å²) in [5.41, 5.74) is 0. The van der Waals surface area contributed by atoms with Gasteiger partial charge in [0.15, 0.2) is 0 Å². The molecule has 0 aliphatic heterocycles. The minimum Gasteiger partial charge on any atom is -0.467 e. The minimum atomic E-state index is -0.519. The summed E-state index contributed by atoms with van der Waals surface area (Å²) in [5, 5.41) is 12.7. The van der Waals surface area contributed by atoms with Crippen LogP contribution >= 0.6 is 0 Å². The molecule has 1 rings (SSSR count). The van der Waals surface area contributed by atoms with E-state index in [4.69, 9.17) is 13.9 Å². The predicted molar refractivity (Wildman–Crippen MR) is 63.7 cm³/mol. The topological polar surface area (TPSA) is 63.9 Å². The summed E-state index contributed by atoms with van der Waals surface area (Å²) in [6.07, 6.45) is 1.23. The zero-order chi connectivity index (χ0) is 12.5. The number of aliphatic hydroxyl groups excluding tert-OH is 1. The van der Waals surface area contributed by atoms with E-state index in [9.17, 15) is 5.11 Å². The van der Waals surface area contributed by atoms with Crippen molar-refractivity contribution < 1.29 is 19.0 Å². The first-order valence-corrected chi connectivity index (χ1v) is 5.74. The molecule has 2 unspecified atom stereocenters. The molecule has 0 aromatic carbocycles. The van der Waals surface area contributed by atoms with Gasteiger partial charge in [0, 0.05) is 20.2 Å². The maximum absolute atomic E-state index is 9.60. The fourth-order valence-electron chi connectivity index (χ4n) is 1.29. The molecule has 17 heavy (non-hydrogen) atoms. The van der Waals surface area contributed by atoms with E-state index in [1.807, 2.05) is 19.1 Å². The van der Waals surface area contributed by atoms with Gasteiger partial charge in [-0.05, 0) is 19.1 Å². The second-order valence-corrected chi connectivity index (χ2v) is 3.95. The standard InChI is InChI=1S/C12H21NO4/c1-10(15-2)6-13-7-11(14)8-16-9-12-4-3-5-17-12/h3-5,10-11,13-14H,6-9H2,1-2H3. The molecule has 2 atom stereocenters. The lowest BCUT2D eigenvalue weighted by molar-refractivity contribution is 0.0208. The maximum Gasteiger partial charge on any atom is 0.129 e. The molecule has 1 aromatic heterocycles. The molecule has 0 spiro atoms. The molecule has 0 bridgehead atoms. The molecule has 0 fully saturated rings. The molecule has 0 aliphatic rings. The number of methoxy groups -OCH3 is 1. The maximum atomic E-state index is 9.60. The average molecular weight is 243 g/mol. The Kier molecular flexibility index (Phi) is 6.88. The Bertz CT molecular complexity index is 276. The summed E-state index contributed by atoms with van der Waals surface area (Å²) < 4.78 is 15.5. The predicted octanol–water partition coefficient (Wildman–Crippen LogP) is 0.782. The van der Waals surface area contributed by atoms with Crippen molar-refractivity contribution in [2.24, 2.45) is 0 Å². The van der Waals surface area contributed by atoms with Crippen LogP contribution < -0.4 is 5.32 Å². The molecule has 0 saturated carbocycles. The first kappa shape index (κ1) is 14.2. The Morgan fingerprint density at radius 3 is 2.94 bits per heavy atom. The van der Waals surface area contributed by atoms with E-state index < -0.39 is 6.10 Å². The van der Waals surface area contributed by atoms with Crippen LogP contribution in [0, 0.1) is 0 Å². The van der Waals surface area contributed by atoms with Gasteiger partial charge in [-0.25, -0.2) is 0 Å². The van der Waals surface area contributed by atoms with Crippen LogP contribution in [0.3, 0.4) is 0 Å². The van der Waals surface area contributed by atoms with Crippen molar-refractivity contribution in [1.29, 1.82) is 0 Å². The van der Waals surface area contributed by atoms with Crippen LogP contribution in [-0.4, -0.2) is 44.1 Å². The highest BCUT2D eigenvalue weighted by Crippen LogP contribution is 2.01. The summed E-state index contributed by atoms with van der Waals surface area (Å²) in [5.74, 6) is 0.762. The van der Waals surface area contributed by atoms with E-state index in [1.165, 1.54) is 0 Å². The number of hydrogen-bond acceptors (Lipinski definition) is 5. The van der Waals surface area contributed by atoms with Crippen molar-refractivity contribution in [3.8, 4) is 0 Å². The van der Waals surface area contributed by atoms with E-state index in [0.717, 1.165) is 5.76 Å². The van der Waals surface area contributed by atoms with E-state index >= 15 is 0 Å². The molecule has 0 aliphatic carbocycles. The van der Waals surface area contributed by atoms with Crippen LogP contribution in [0.5, 0.6) is 0 Å². The number of ether oxygens (including phenoxy) is 2. The summed E-state index contributed by atoms with van der Waals surface area (Å²) in [6, 6.07) is 3.65. The first-order valence-electron chi connectivity index (χ1n) is 5.74. The molecule has 5 nitrogen and oxygen atoms in total. The molecular formula is C12H21NO4. The molecule has 2 N–H and O–H groups in total. The average Bonchev–Trinajstić information content (AvgIpc) is 2.82. The number of furan rings is 1. The van der Waals surface area contributed by atoms with Crippen molar-refractivity contribution in [2.45, 2.75) is 25.7 Å². The van der Waals surface area contributed by atoms with E-state index in [2.05, 4.69) is 5.32 Å². The third kappa shape index (κ3) is 6.43. The molecule has 98 valence electrons. The monoisotopic (exact) mass is 243 g/mol. The normalized spacial score (nSPS) is 14.8. The van der Waals surface area contributed by atoms with Crippen molar-refractivity contribution >= 4 is 0 Å². The van der Waals surface area contributed by atoms with Crippen LogP contribution in [0.15, 0.2) is 22.8 Å². The highest BCUT2D eigenvalue weighted by atomic mass is 16.5. The smallest absolute Gasteiger partial charge is 0.129 e. The lowest BCUT2D eigenvalue weighted by Gasteiger charge is -2.14. The molecular weight excluding hydrogens is 222 g/mol. The molecule has 0 radical (unpaired) electrons. The van der Waals surface area contributed by atoms with Crippen molar-refractivity contribution in [2.75, 3.05) is 26.8 Å². The SMILES string of the molecule is COC(C)CNCC(O)COCc1ccco1. The Morgan fingerprint density at radius 1 is 1.47 bits per heavy atom. The molecule has 1 aromatic rings. The third-order valence-electron chi connectivity index (χ3n) is 2.35. The Hall–Kier alpha value is -0.880. The summed E-state index contributed by atoms with van der Waals surface area (Å²) >= 11 is 0. The zero-order valence-electron chi connectivity index (χ0n) is 10.4. The van der Waals surface area contributed by atoms with Gasteiger partial charge in [-0.1, -0.05) is 0 Å². The highest BCUT2D eigenvalue weighted by molar-refractivity contribution is 4.96. The lowest BCUT2D eigenvalue weighted by Crippen LogP contribution is -2.34. The second kappa shape index (κ2) is 8.25. The molecule has 0 amide bonds. The molecule has 1 heterocycles. The number of rotatable bonds is 9. The van der Waals surface area contributed by atoms with Crippen molar-refractivity contribution in [3.63, 3.8) is 0 Å². The van der Waals surface area contributed by atoms with Crippen LogP contribution in [-0.2, 0) is 16.1 Å². The first-order chi connectivity index (χ1) is 8.22. The number of aliphatic hydroxyl groups is 1. The Balaban J connectivity index is 1.99. The Labute approximate surface area is 102 Å². The van der Waals surface area contributed by atoms with Crippen LogP contribution in [0.4, 0.5) is 0 Å². The summed E-state index contributed by atoms with van der Waals surface area (Å²) in [7, 11) is 1.66. The fraction of sp³-hybridized carbons (Fsp3) is 0.667. The van der Waals surface area contributed by atoms with Gasteiger partial charge in [-0.15, -0.1) is 0 Å². The lowest BCUT2D eigenvalue weighted by atomic mass is 10.3. The van der Waals surface area contributed by atoms with Gasteiger partial charge in [0.25, 0.3) is 0 Å². The largest absolute Gasteiger partial charge is 0.467 e. The zero-order valence-corrected chi connectivity index (χ0v) is 10.4. The van der Waals surface area contributed by atoms with Gasteiger partial charge in [0.2, 0.25) is 0 Å². The van der Waals surface area contributed by atoms with Crippen molar-refractivity contribution in [1.82, 2.24) is 5.32 Å². The van der Waals surface area contributed by atoms with Crippen LogP contribution in [0.25, 0.3) is 0 Å². The van der Waals surface area contributed by atoms with Gasteiger partial charge >= 0.3 is 0 Å². The number of hydrogen-bond donors (Lipinski definition) is 2. The van der Waals surface area contributed by atoms with Gasteiger partial charge in [0.05, 0.1) is 25.1 Å². The molecule has 5 heteroatoms. The Morgan fingerprint density at radius 2 is 2.29 bits per heavy atom. The van der Waals surface area contributed by atoms with Crippen LogP contribution in [0.1, 0.15) is 12.7 Å². The van der Waals surface area contributed by atoms with Gasteiger partial charge in [-0.3, -0.25) is 0 Å². The van der Waals surface area contributed by atoms with Gasteiger partial charge in [0.1, 0.15) is 12.4 Å². The quantitative estimate of drug-likeness (QED) is 0.671. The van der Waals surface area contributed by atoms with Gasteiger partial charge in [-0.2, -0.15) is 0 Å². The van der Waals surface area contributed by atoms with E-state index in [-0.39, 0.29) is 12.7 Å². The summed E-state index contributed by atoms with van der Waals surface area (Å²) in [6.45, 7) is 3.85. The van der Waals surface area contributed by atoms with Crippen LogP contribution in [0.2, 0.25) is 0 Å². The molecule has 0 saturated heterocycles. The highest BCUT2D eigenvalue weighted by Gasteiger charge is 2.06. The third-order valence-corrected chi connectivity index (χ3v) is 2.35. The fourth-order valence-corrected chi connectivity index (χ4v) is 1.29. The number of nitrogens with one attached hydrogen (secondary N) is 1. The van der Waals surface area contributed by atoms with E-state index in [1.54, 1.807) is 13.4 Å². The van der Waals surface area contributed by atoms with Crippen molar-refractivity contribution in [3.05, 3.63) is 24.2 Å². The minimum absolute atomic E-state index is 0.145. The van der Waals surface area contributed by atoms with E-state index in [0.29, 0.717) is 19.7 Å². The second-order valence-electron chi connectivity index (χ2n) is 3.95.